The number of nitrogens with zero attached hydrogens (tertiary/aromatic N) is 1. The van der Waals surface area contributed by atoms with E-state index in [1.54, 1.807) is 13.8 Å². The van der Waals surface area contributed by atoms with Gasteiger partial charge in [-0.3, -0.25) is 14.9 Å². The monoisotopic (exact) mass is 227 g/mol. The van der Waals surface area contributed by atoms with Crippen LogP contribution in [0.4, 0.5) is 0 Å². The van der Waals surface area contributed by atoms with E-state index in [2.05, 4.69) is 0 Å². The Morgan fingerprint density at radius 1 is 1.38 bits per heavy atom. The van der Waals surface area contributed by atoms with E-state index in [9.17, 15) is 14.9 Å². The smallest absolute Gasteiger partial charge is 0.217 e. The van der Waals surface area contributed by atoms with Crippen LogP contribution in [0.2, 0.25) is 0 Å². The zero-order chi connectivity index (χ0) is 12.6. The van der Waals surface area contributed by atoms with Crippen LogP contribution in [-0.2, 0) is 4.79 Å². The first-order chi connectivity index (χ1) is 7.56. The van der Waals surface area contributed by atoms with Crippen LogP contribution in [0.3, 0.4) is 0 Å². The molecule has 0 N–H and O–H groups in total. The van der Waals surface area contributed by atoms with Gasteiger partial charge in [-0.15, -0.1) is 0 Å². The third kappa shape index (κ3) is 5.05. The number of Topliss-reactive ketones (excluding diaryl/α,β-unsaturated/α-hetero) is 1. The molecule has 0 saturated carbocycles. The molecule has 0 bridgehead atoms. The Morgan fingerprint density at radius 3 is 2.38 bits per heavy atom. The van der Waals surface area contributed by atoms with Crippen LogP contribution in [0.15, 0.2) is 11.6 Å². The number of nitro groups is 1. The Hall–Kier alpha value is -1.19. The first kappa shape index (κ1) is 14.8. The second kappa shape index (κ2) is 8.02. The molecule has 0 aromatic rings. The van der Waals surface area contributed by atoms with E-state index in [-0.39, 0.29) is 17.1 Å². The Kier molecular flexibility index (Phi) is 7.42. The van der Waals surface area contributed by atoms with Crippen LogP contribution in [0.5, 0.6) is 0 Å². The fraction of sp³-hybridized carbons (Fsp3) is 0.750. The minimum Gasteiger partial charge on any atom is -0.295 e. The Balaban J connectivity index is 4.65. The number of allylic oxidation sites excluding steroid dienone is 1. The van der Waals surface area contributed by atoms with Crippen molar-refractivity contribution >= 4 is 5.78 Å². The second-order valence-electron chi connectivity index (χ2n) is 3.85. The molecular weight excluding hydrogens is 206 g/mol. The third-order valence-corrected chi connectivity index (χ3v) is 2.58. The van der Waals surface area contributed by atoms with Crippen molar-refractivity contribution < 1.29 is 9.72 Å². The highest BCUT2D eigenvalue weighted by Crippen LogP contribution is 2.15. The summed E-state index contributed by atoms with van der Waals surface area (Å²) in [7, 11) is 0. The molecule has 0 aliphatic rings. The van der Waals surface area contributed by atoms with E-state index in [0.29, 0.717) is 18.4 Å². The Bertz CT molecular complexity index is 271. The number of unbranched alkanes of at least 4 members (excludes halogenated alkanes) is 1. The van der Waals surface area contributed by atoms with Crippen molar-refractivity contribution in [3.63, 3.8) is 0 Å². The molecular formula is C12H21NO3. The van der Waals surface area contributed by atoms with Gasteiger partial charge in [-0.1, -0.05) is 33.3 Å². The summed E-state index contributed by atoms with van der Waals surface area (Å²) in [6.07, 6.45) is 4.79. The summed E-state index contributed by atoms with van der Waals surface area (Å²) in [6, 6.07) is -0.626. The molecule has 0 radical (unpaired) electrons. The summed E-state index contributed by atoms with van der Waals surface area (Å²) in [5.41, 5.74) is 0.632. The molecule has 0 aromatic heterocycles. The Labute approximate surface area is 96.9 Å². The second-order valence-corrected chi connectivity index (χ2v) is 3.85. The molecule has 0 spiro atoms. The zero-order valence-corrected chi connectivity index (χ0v) is 10.4. The van der Waals surface area contributed by atoms with Crippen LogP contribution in [0, 0.1) is 10.1 Å². The van der Waals surface area contributed by atoms with Crippen molar-refractivity contribution in [1.29, 1.82) is 0 Å². The molecule has 4 heteroatoms. The van der Waals surface area contributed by atoms with Crippen LogP contribution in [0.1, 0.15) is 52.9 Å². The van der Waals surface area contributed by atoms with Crippen LogP contribution < -0.4 is 0 Å². The maximum atomic E-state index is 11.6. The molecule has 0 rings (SSSR count). The maximum Gasteiger partial charge on any atom is 0.217 e. The molecule has 0 aliphatic carbocycles. The Morgan fingerprint density at radius 2 is 2.00 bits per heavy atom. The topological polar surface area (TPSA) is 60.2 Å². The fourth-order valence-electron chi connectivity index (χ4n) is 1.48. The van der Waals surface area contributed by atoms with Crippen molar-refractivity contribution in [2.45, 2.75) is 58.9 Å². The number of ketones is 1. The molecule has 0 heterocycles. The molecule has 0 amide bonds. The van der Waals surface area contributed by atoms with Crippen molar-refractivity contribution in [2.75, 3.05) is 0 Å². The van der Waals surface area contributed by atoms with Gasteiger partial charge in [0.05, 0.1) is 0 Å². The normalized spacial score (nSPS) is 13.6. The quantitative estimate of drug-likeness (QED) is 0.363. The minimum absolute atomic E-state index is 0.0359. The van der Waals surface area contributed by atoms with E-state index in [0.717, 1.165) is 12.8 Å². The molecule has 1 unspecified atom stereocenters. The number of rotatable bonds is 8. The largest absolute Gasteiger partial charge is 0.295 e. The van der Waals surface area contributed by atoms with E-state index in [1.807, 2.05) is 13.0 Å². The van der Waals surface area contributed by atoms with Gasteiger partial charge in [0.2, 0.25) is 6.04 Å². The first-order valence-corrected chi connectivity index (χ1v) is 5.92. The molecule has 1 atom stereocenters. The van der Waals surface area contributed by atoms with Gasteiger partial charge in [0, 0.05) is 24.2 Å². The van der Waals surface area contributed by atoms with E-state index in [4.69, 9.17) is 0 Å². The molecule has 16 heavy (non-hydrogen) atoms. The number of carbonyl (C=O) groups excluding carboxylic acids is 1. The number of carbonyl (C=O) groups is 1. The third-order valence-electron chi connectivity index (χ3n) is 2.58. The minimum atomic E-state index is -0.626. The predicted molar refractivity (Wildman–Crippen MR) is 64.0 cm³/mol. The average Bonchev–Trinajstić information content (AvgIpc) is 2.28. The predicted octanol–water partition coefficient (Wildman–Crippen LogP) is 3.14. The van der Waals surface area contributed by atoms with E-state index >= 15 is 0 Å². The van der Waals surface area contributed by atoms with Gasteiger partial charge in [0.25, 0.3) is 0 Å². The van der Waals surface area contributed by atoms with Gasteiger partial charge in [-0.05, 0) is 12.0 Å². The van der Waals surface area contributed by atoms with Crippen LogP contribution in [0.25, 0.3) is 0 Å². The number of hydrogen-bond acceptors (Lipinski definition) is 3. The molecule has 4 nitrogen and oxygen atoms in total. The molecule has 0 aromatic carbocycles. The lowest BCUT2D eigenvalue weighted by molar-refractivity contribution is -0.522. The highest BCUT2D eigenvalue weighted by Gasteiger charge is 2.21. The lowest BCUT2D eigenvalue weighted by Gasteiger charge is -2.09. The van der Waals surface area contributed by atoms with Crippen LogP contribution >= 0.6 is 0 Å². The summed E-state index contributed by atoms with van der Waals surface area (Å²) in [4.78, 5) is 22.0. The van der Waals surface area contributed by atoms with Gasteiger partial charge in [-0.25, -0.2) is 0 Å². The van der Waals surface area contributed by atoms with Crippen molar-refractivity contribution in [3.05, 3.63) is 21.8 Å². The summed E-state index contributed by atoms with van der Waals surface area (Å²) >= 11 is 0. The summed E-state index contributed by atoms with van der Waals surface area (Å²) < 4.78 is 0. The van der Waals surface area contributed by atoms with Gasteiger partial charge >= 0.3 is 0 Å². The number of hydrogen-bond donors (Lipinski definition) is 0. The highest BCUT2D eigenvalue weighted by atomic mass is 16.6. The van der Waals surface area contributed by atoms with E-state index < -0.39 is 6.04 Å². The van der Waals surface area contributed by atoms with Crippen LogP contribution in [-0.4, -0.2) is 16.7 Å². The summed E-state index contributed by atoms with van der Waals surface area (Å²) in [6.45, 7) is 5.59. The van der Waals surface area contributed by atoms with Gasteiger partial charge in [-0.2, -0.15) is 0 Å². The first-order valence-electron chi connectivity index (χ1n) is 5.92. The summed E-state index contributed by atoms with van der Waals surface area (Å²) in [5.74, 6) is 0.0359. The molecule has 0 saturated heterocycles. The SMILES string of the molecule is CCC/C=C(\CC(CC)[N+](=O)[O-])C(=O)CC. The molecule has 0 aliphatic heterocycles. The maximum absolute atomic E-state index is 11.6. The lowest BCUT2D eigenvalue weighted by atomic mass is 9.98. The van der Waals surface area contributed by atoms with Gasteiger partial charge < -0.3 is 0 Å². The molecule has 0 fully saturated rings. The van der Waals surface area contributed by atoms with Crippen molar-refractivity contribution in [1.82, 2.24) is 0 Å². The van der Waals surface area contributed by atoms with Crippen molar-refractivity contribution in [3.8, 4) is 0 Å². The lowest BCUT2D eigenvalue weighted by Crippen LogP contribution is -2.21. The standard InChI is InChI=1S/C12H21NO3/c1-4-7-8-10(12(14)6-3)9-11(5-2)13(15)16/h8,11H,4-7,9H2,1-3H3/b10-8+. The average molecular weight is 227 g/mol. The molecule has 92 valence electrons. The van der Waals surface area contributed by atoms with Gasteiger partial charge in [0.1, 0.15) is 0 Å². The highest BCUT2D eigenvalue weighted by molar-refractivity contribution is 5.95. The summed E-state index contributed by atoms with van der Waals surface area (Å²) in [5, 5.41) is 10.7. The zero-order valence-electron chi connectivity index (χ0n) is 10.4. The van der Waals surface area contributed by atoms with E-state index in [1.165, 1.54) is 0 Å². The van der Waals surface area contributed by atoms with Gasteiger partial charge in [0.15, 0.2) is 5.78 Å². The fourth-order valence-corrected chi connectivity index (χ4v) is 1.48. The van der Waals surface area contributed by atoms with Crippen molar-refractivity contribution in [2.24, 2.45) is 0 Å².